The van der Waals surface area contributed by atoms with Crippen LogP contribution in [-0.4, -0.2) is 16.4 Å². The van der Waals surface area contributed by atoms with Crippen LogP contribution in [0, 0.1) is 0 Å². The van der Waals surface area contributed by atoms with Crippen LogP contribution in [0.3, 0.4) is 0 Å². The molecule has 0 aliphatic carbocycles. The molecule has 0 fully saturated rings. The third-order valence-corrected chi connectivity index (χ3v) is 10.5. The molecule has 0 saturated heterocycles. The lowest BCUT2D eigenvalue weighted by Crippen LogP contribution is -2.37. The SMILES string of the molecule is c1ccc(C2=NC(c3ccccc3)NC(n3c4cc5ccccc5cc4c4ccc5c6ccc7ccccc7c6sc5c43)=N2)cc1. The van der Waals surface area contributed by atoms with E-state index < -0.39 is 0 Å². The van der Waals surface area contributed by atoms with Gasteiger partial charge in [-0.25, -0.2) is 4.99 Å². The number of aliphatic imine (C=N–C) groups is 2. The highest BCUT2D eigenvalue weighted by atomic mass is 32.1. The molecule has 216 valence electrons. The minimum Gasteiger partial charge on any atom is -0.330 e. The molecule has 1 N–H and O–H groups in total. The first-order chi connectivity index (χ1) is 22.8. The number of hydrogen-bond donors (Lipinski definition) is 1. The topological polar surface area (TPSA) is 41.7 Å². The summed E-state index contributed by atoms with van der Waals surface area (Å²) in [6.07, 6.45) is -0.289. The summed E-state index contributed by atoms with van der Waals surface area (Å²) in [4.78, 5) is 10.4. The average Bonchev–Trinajstić information content (AvgIpc) is 3.67. The first-order valence-electron chi connectivity index (χ1n) is 15.5. The van der Waals surface area contributed by atoms with Crippen LogP contribution in [0.1, 0.15) is 17.3 Å². The van der Waals surface area contributed by atoms with E-state index >= 15 is 0 Å². The molecule has 5 heteroatoms. The standard InChI is InChI=1S/C41H26N4S/c1-3-12-26(13-4-1)39-42-40(27-14-5-2-6-15-27)44-41(43-39)45-35-24-29-17-8-7-16-28(29)23-34(35)31-21-22-33-32-20-19-25-11-9-10-18-30(25)37(32)46-38(33)36(31)45/h1-24,39H,(H,42,43,44). The van der Waals surface area contributed by atoms with Crippen LogP contribution < -0.4 is 5.32 Å². The Kier molecular flexibility index (Phi) is 5.47. The maximum absolute atomic E-state index is 5.28. The molecule has 10 rings (SSSR count). The van der Waals surface area contributed by atoms with Gasteiger partial charge in [0.2, 0.25) is 5.96 Å². The molecule has 0 saturated carbocycles. The molecule has 46 heavy (non-hydrogen) atoms. The molecule has 0 amide bonds. The summed E-state index contributed by atoms with van der Waals surface area (Å²) in [7, 11) is 0. The van der Waals surface area contributed by atoms with Gasteiger partial charge in [0.05, 0.1) is 15.7 Å². The summed E-state index contributed by atoms with van der Waals surface area (Å²) in [6.45, 7) is 0. The Morgan fingerprint density at radius 3 is 2.02 bits per heavy atom. The smallest absolute Gasteiger partial charge is 0.211 e. The number of aromatic nitrogens is 1. The van der Waals surface area contributed by atoms with E-state index in [2.05, 4.69) is 131 Å². The summed E-state index contributed by atoms with van der Waals surface area (Å²) in [5.74, 6) is 1.49. The Labute approximate surface area is 268 Å². The second-order valence-electron chi connectivity index (χ2n) is 11.9. The fourth-order valence-corrected chi connectivity index (χ4v) is 8.41. The van der Waals surface area contributed by atoms with Crippen molar-refractivity contribution in [1.29, 1.82) is 0 Å². The van der Waals surface area contributed by atoms with Crippen molar-refractivity contribution in [2.75, 3.05) is 0 Å². The monoisotopic (exact) mass is 606 g/mol. The maximum atomic E-state index is 5.28. The zero-order valence-electron chi connectivity index (χ0n) is 24.7. The lowest BCUT2D eigenvalue weighted by atomic mass is 10.0. The lowest BCUT2D eigenvalue weighted by Gasteiger charge is -2.25. The quantitative estimate of drug-likeness (QED) is 0.209. The van der Waals surface area contributed by atoms with E-state index in [4.69, 9.17) is 9.98 Å². The van der Waals surface area contributed by atoms with E-state index in [1.54, 1.807) is 0 Å². The minimum atomic E-state index is -0.289. The Hall–Kier alpha value is -5.78. The number of rotatable bonds is 2. The van der Waals surface area contributed by atoms with Crippen molar-refractivity contribution < 1.29 is 0 Å². The van der Waals surface area contributed by atoms with Crippen LogP contribution in [0.5, 0.6) is 0 Å². The average molecular weight is 607 g/mol. The van der Waals surface area contributed by atoms with Gasteiger partial charge in [0.1, 0.15) is 6.17 Å². The third-order valence-electron chi connectivity index (χ3n) is 9.21. The fraction of sp³-hybridized carbons (Fsp3) is 0.0244. The predicted octanol–water partition coefficient (Wildman–Crippen LogP) is 10.4. The first kappa shape index (κ1) is 25.5. The van der Waals surface area contributed by atoms with Crippen molar-refractivity contribution >= 4 is 86.7 Å². The van der Waals surface area contributed by atoms with Crippen molar-refractivity contribution in [3.63, 3.8) is 0 Å². The highest BCUT2D eigenvalue weighted by Gasteiger charge is 2.26. The van der Waals surface area contributed by atoms with Crippen LogP contribution in [0.25, 0.3) is 63.5 Å². The number of fused-ring (bicyclic) bond motifs is 10. The van der Waals surface area contributed by atoms with Crippen LogP contribution in [-0.2, 0) is 0 Å². The molecular formula is C41H26N4S. The van der Waals surface area contributed by atoms with Crippen molar-refractivity contribution in [1.82, 2.24) is 9.88 Å². The molecule has 9 aromatic rings. The summed E-state index contributed by atoms with van der Waals surface area (Å²) >= 11 is 1.88. The molecule has 0 radical (unpaired) electrons. The van der Waals surface area contributed by atoms with Gasteiger partial charge in [-0.05, 0) is 39.2 Å². The molecule has 0 bridgehead atoms. The van der Waals surface area contributed by atoms with Gasteiger partial charge in [-0.2, -0.15) is 4.99 Å². The van der Waals surface area contributed by atoms with Crippen LogP contribution >= 0.6 is 11.3 Å². The largest absolute Gasteiger partial charge is 0.330 e. The van der Waals surface area contributed by atoms with Gasteiger partial charge >= 0.3 is 0 Å². The molecule has 1 aliphatic rings. The molecular weight excluding hydrogens is 581 g/mol. The molecule has 2 aromatic heterocycles. The van der Waals surface area contributed by atoms with Gasteiger partial charge in [0, 0.05) is 31.8 Å². The van der Waals surface area contributed by atoms with Gasteiger partial charge in [-0.1, -0.05) is 133 Å². The number of thiophene rings is 1. The molecule has 7 aromatic carbocycles. The van der Waals surface area contributed by atoms with E-state index in [-0.39, 0.29) is 6.17 Å². The van der Waals surface area contributed by atoms with Gasteiger partial charge in [0.15, 0.2) is 5.84 Å². The summed E-state index contributed by atoms with van der Waals surface area (Å²) in [6, 6.07) is 51.8. The van der Waals surface area contributed by atoms with Crippen LogP contribution in [0.15, 0.2) is 156 Å². The number of nitrogens with one attached hydrogen (secondary N) is 1. The Morgan fingerprint density at radius 2 is 1.20 bits per heavy atom. The highest BCUT2D eigenvalue weighted by molar-refractivity contribution is 7.27. The van der Waals surface area contributed by atoms with Crippen molar-refractivity contribution in [2.45, 2.75) is 6.17 Å². The lowest BCUT2D eigenvalue weighted by molar-refractivity contribution is 0.661. The van der Waals surface area contributed by atoms with Crippen LogP contribution in [0.4, 0.5) is 0 Å². The van der Waals surface area contributed by atoms with Gasteiger partial charge in [0.25, 0.3) is 0 Å². The second kappa shape index (κ2) is 9.86. The third kappa shape index (κ3) is 3.79. The number of nitrogens with zero attached hydrogens (tertiary/aromatic N) is 3. The first-order valence-corrected chi connectivity index (χ1v) is 16.4. The summed E-state index contributed by atoms with van der Waals surface area (Å²) in [5.41, 5.74) is 4.37. The maximum Gasteiger partial charge on any atom is 0.211 e. The number of amidine groups is 1. The highest BCUT2D eigenvalue weighted by Crippen LogP contribution is 2.44. The van der Waals surface area contributed by atoms with Crippen molar-refractivity contribution in [3.8, 4) is 0 Å². The molecule has 1 aliphatic heterocycles. The molecule has 1 atom stereocenters. The van der Waals surface area contributed by atoms with Crippen LogP contribution in [0.2, 0.25) is 0 Å². The van der Waals surface area contributed by atoms with E-state index in [1.165, 1.54) is 58.0 Å². The molecule has 0 spiro atoms. The summed E-state index contributed by atoms with van der Waals surface area (Å²) in [5, 5.41) is 13.7. The van der Waals surface area contributed by atoms with E-state index in [0.717, 1.165) is 22.6 Å². The zero-order chi connectivity index (χ0) is 30.2. The second-order valence-corrected chi connectivity index (χ2v) is 12.9. The summed E-state index contributed by atoms with van der Waals surface area (Å²) < 4.78 is 4.92. The Morgan fingerprint density at radius 1 is 0.543 bits per heavy atom. The molecule has 1 unspecified atom stereocenters. The van der Waals surface area contributed by atoms with Gasteiger partial charge < -0.3 is 5.32 Å². The van der Waals surface area contributed by atoms with Crippen molar-refractivity contribution in [3.05, 3.63) is 157 Å². The fourth-order valence-electron chi connectivity index (χ4n) is 7.03. The zero-order valence-corrected chi connectivity index (χ0v) is 25.5. The normalized spacial score (nSPS) is 15.2. The number of benzene rings is 7. The van der Waals surface area contributed by atoms with E-state index in [9.17, 15) is 0 Å². The van der Waals surface area contributed by atoms with Gasteiger partial charge in [-0.15, -0.1) is 11.3 Å². The molecule has 3 heterocycles. The molecule has 4 nitrogen and oxygen atoms in total. The minimum absolute atomic E-state index is 0.289. The Bertz CT molecular complexity index is 2720. The van der Waals surface area contributed by atoms with E-state index in [1.807, 2.05) is 35.6 Å². The predicted molar refractivity (Wildman–Crippen MR) is 195 cm³/mol. The van der Waals surface area contributed by atoms with Gasteiger partial charge in [-0.3, -0.25) is 4.57 Å². The Balaban J connectivity index is 1.34. The number of hydrogen-bond acceptors (Lipinski definition) is 4. The van der Waals surface area contributed by atoms with E-state index in [0.29, 0.717) is 5.84 Å². The van der Waals surface area contributed by atoms with Crippen molar-refractivity contribution in [2.24, 2.45) is 9.98 Å².